The Bertz CT molecular complexity index is 989. The van der Waals surface area contributed by atoms with E-state index in [1.54, 1.807) is 32.2 Å². The molecule has 0 aliphatic carbocycles. The first-order valence-electron chi connectivity index (χ1n) is 8.79. The smallest absolute Gasteiger partial charge is 0.238 e. The molecule has 1 unspecified atom stereocenters. The average Bonchev–Trinajstić information content (AvgIpc) is 3.12. The van der Waals surface area contributed by atoms with Gasteiger partial charge < -0.3 is 10.1 Å². The molecule has 0 saturated heterocycles. The van der Waals surface area contributed by atoms with E-state index in [4.69, 9.17) is 16.3 Å². The number of halogens is 1. The third-order valence-electron chi connectivity index (χ3n) is 4.01. The summed E-state index contributed by atoms with van der Waals surface area (Å²) in [7, 11) is 1.62. The van der Waals surface area contributed by atoms with Crippen molar-refractivity contribution in [2.24, 2.45) is 0 Å². The van der Waals surface area contributed by atoms with Crippen LogP contribution in [0.3, 0.4) is 0 Å². The third kappa shape index (κ3) is 5.16. The predicted octanol–water partition coefficient (Wildman–Crippen LogP) is 4.31. The standard InChI is InChI=1S/C20H20ClN5O2S/c1-4-11-26-18(14-5-8-16(28-3)9-6-14)24-25-20(26)29-13(2)19(27)23-17-10-7-15(21)12-22-17/h4-10,12-13H,1,11H2,2-3H3,(H,22,23,27). The van der Waals surface area contributed by atoms with Crippen LogP contribution < -0.4 is 10.1 Å². The van der Waals surface area contributed by atoms with Gasteiger partial charge >= 0.3 is 0 Å². The van der Waals surface area contributed by atoms with Crippen molar-refractivity contribution in [2.45, 2.75) is 23.9 Å². The molecular formula is C20H20ClN5O2S. The molecule has 1 amide bonds. The van der Waals surface area contributed by atoms with Crippen LogP contribution in [-0.2, 0) is 11.3 Å². The molecule has 9 heteroatoms. The Labute approximate surface area is 178 Å². The first-order chi connectivity index (χ1) is 14.0. The molecule has 29 heavy (non-hydrogen) atoms. The van der Waals surface area contributed by atoms with Gasteiger partial charge in [-0.05, 0) is 43.3 Å². The lowest BCUT2D eigenvalue weighted by Crippen LogP contribution is -2.23. The fourth-order valence-corrected chi connectivity index (χ4v) is 3.48. The molecule has 0 spiro atoms. The minimum absolute atomic E-state index is 0.191. The van der Waals surface area contributed by atoms with Crippen molar-refractivity contribution in [3.8, 4) is 17.1 Å². The molecule has 0 saturated carbocycles. The van der Waals surface area contributed by atoms with Crippen LogP contribution >= 0.6 is 23.4 Å². The van der Waals surface area contributed by atoms with E-state index in [0.717, 1.165) is 11.3 Å². The van der Waals surface area contributed by atoms with Crippen LogP contribution in [0.1, 0.15) is 6.92 Å². The number of nitrogens with zero attached hydrogens (tertiary/aromatic N) is 4. The van der Waals surface area contributed by atoms with Gasteiger partial charge in [0.15, 0.2) is 11.0 Å². The first kappa shape index (κ1) is 20.9. The summed E-state index contributed by atoms with van der Waals surface area (Å²) in [6.45, 7) is 6.13. The van der Waals surface area contributed by atoms with Crippen molar-refractivity contribution in [1.82, 2.24) is 19.7 Å². The number of aromatic nitrogens is 4. The second-order valence-corrected chi connectivity index (χ2v) is 7.79. The molecule has 7 nitrogen and oxygen atoms in total. The molecule has 1 N–H and O–H groups in total. The zero-order valence-corrected chi connectivity index (χ0v) is 17.6. The second kappa shape index (κ2) is 9.58. The maximum absolute atomic E-state index is 12.5. The van der Waals surface area contributed by atoms with Gasteiger partial charge in [0, 0.05) is 18.3 Å². The lowest BCUT2D eigenvalue weighted by molar-refractivity contribution is -0.115. The number of pyridine rings is 1. The van der Waals surface area contributed by atoms with Crippen molar-refractivity contribution in [3.05, 3.63) is 60.3 Å². The van der Waals surface area contributed by atoms with Crippen LogP contribution in [0, 0.1) is 0 Å². The Kier molecular flexibility index (Phi) is 6.90. The lowest BCUT2D eigenvalue weighted by atomic mass is 10.2. The monoisotopic (exact) mass is 429 g/mol. The molecule has 0 fully saturated rings. The number of carbonyl (C=O) groups excluding carboxylic acids is 1. The summed E-state index contributed by atoms with van der Waals surface area (Å²) < 4.78 is 7.12. The maximum Gasteiger partial charge on any atom is 0.238 e. The minimum Gasteiger partial charge on any atom is -0.497 e. The van der Waals surface area contributed by atoms with Gasteiger partial charge in [0.2, 0.25) is 5.91 Å². The first-order valence-corrected chi connectivity index (χ1v) is 10.0. The summed E-state index contributed by atoms with van der Waals surface area (Å²) in [5.41, 5.74) is 0.898. The fourth-order valence-electron chi connectivity index (χ4n) is 2.51. The van der Waals surface area contributed by atoms with Crippen LogP contribution in [-0.4, -0.2) is 38.0 Å². The number of carbonyl (C=O) groups is 1. The van der Waals surface area contributed by atoms with E-state index in [2.05, 4.69) is 27.1 Å². The quantitative estimate of drug-likeness (QED) is 0.424. The van der Waals surface area contributed by atoms with Gasteiger partial charge in [-0.25, -0.2) is 4.98 Å². The molecule has 150 valence electrons. The van der Waals surface area contributed by atoms with Gasteiger partial charge in [-0.3, -0.25) is 9.36 Å². The third-order valence-corrected chi connectivity index (χ3v) is 5.31. The fraction of sp³-hybridized carbons (Fsp3) is 0.200. The highest BCUT2D eigenvalue weighted by molar-refractivity contribution is 8.00. The zero-order valence-electron chi connectivity index (χ0n) is 16.0. The number of hydrogen-bond acceptors (Lipinski definition) is 6. The summed E-state index contributed by atoms with van der Waals surface area (Å²) in [6.07, 6.45) is 3.25. The van der Waals surface area contributed by atoms with Gasteiger partial charge in [-0.1, -0.05) is 29.4 Å². The summed E-state index contributed by atoms with van der Waals surface area (Å²) in [4.78, 5) is 16.6. The maximum atomic E-state index is 12.5. The number of amides is 1. The van der Waals surface area contributed by atoms with Crippen molar-refractivity contribution >= 4 is 35.1 Å². The predicted molar refractivity (Wildman–Crippen MR) is 115 cm³/mol. The molecule has 0 aliphatic rings. The summed E-state index contributed by atoms with van der Waals surface area (Å²) in [5.74, 6) is 1.71. The number of methoxy groups -OCH3 is 1. The van der Waals surface area contributed by atoms with Crippen LogP contribution in [0.4, 0.5) is 5.82 Å². The average molecular weight is 430 g/mol. The Hall–Kier alpha value is -2.84. The van der Waals surface area contributed by atoms with Gasteiger partial charge in [-0.2, -0.15) is 0 Å². The Morgan fingerprint density at radius 1 is 1.31 bits per heavy atom. The van der Waals surface area contributed by atoms with Crippen LogP contribution in [0.2, 0.25) is 5.02 Å². The van der Waals surface area contributed by atoms with E-state index in [1.807, 2.05) is 28.8 Å². The Morgan fingerprint density at radius 2 is 2.07 bits per heavy atom. The van der Waals surface area contributed by atoms with Crippen molar-refractivity contribution in [3.63, 3.8) is 0 Å². The largest absolute Gasteiger partial charge is 0.497 e. The summed E-state index contributed by atoms with van der Waals surface area (Å²) in [5, 5.41) is 12.1. The molecule has 1 aromatic carbocycles. The topological polar surface area (TPSA) is 81.9 Å². The summed E-state index contributed by atoms with van der Waals surface area (Å²) >= 11 is 7.14. The number of allylic oxidation sites excluding steroid dienone is 1. The van der Waals surface area contributed by atoms with Gasteiger partial charge in [0.25, 0.3) is 0 Å². The highest BCUT2D eigenvalue weighted by Gasteiger charge is 2.21. The lowest BCUT2D eigenvalue weighted by Gasteiger charge is -2.12. The Balaban J connectivity index is 1.77. The van der Waals surface area contributed by atoms with E-state index in [1.165, 1.54) is 18.0 Å². The number of hydrogen-bond donors (Lipinski definition) is 1. The zero-order chi connectivity index (χ0) is 20.8. The van der Waals surface area contributed by atoms with E-state index < -0.39 is 5.25 Å². The number of ether oxygens (including phenoxy) is 1. The number of benzene rings is 1. The Morgan fingerprint density at radius 3 is 2.69 bits per heavy atom. The second-order valence-electron chi connectivity index (χ2n) is 6.04. The molecule has 0 radical (unpaired) electrons. The normalized spacial score (nSPS) is 11.7. The number of anilines is 1. The van der Waals surface area contributed by atoms with Crippen LogP contribution in [0.15, 0.2) is 60.4 Å². The summed E-state index contributed by atoms with van der Waals surface area (Å²) in [6, 6.07) is 10.9. The molecule has 2 aromatic heterocycles. The van der Waals surface area contributed by atoms with Crippen molar-refractivity contribution in [2.75, 3.05) is 12.4 Å². The highest BCUT2D eigenvalue weighted by atomic mass is 35.5. The molecule has 0 aliphatic heterocycles. The molecule has 3 aromatic rings. The van der Waals surface area contributed by atoms with E-state index >= 15 is 0 Å². The molecule has 0 bridgehead atoms. The van der Waals surface area contributed by atoms with E-state index in [9.17, 15) is 4.79 Å². The number of nitrogens with one attached hydrogen (secondary N) is 1. The molecular weight excluding hydrogens is 410 g/mol. The van der Waals surface area contributed by atoms with Gasteiger partial charge in [0.05, 0.1) is 17.4 Å². The molecule has 1 atom stereocenters. The van der Waals surface area contributed by atoms with Crippen molar-refractivity contribution < 1.29 is 9.53 Å². The van der Waals surface area contributed by atoms with Crippen LogP contribution in [0.5, 0.6) is 5.75 Å². The van der Waals surface area contributed by atoms with Gasteiger partial charge in [0.1, 0.15) is 11.6 Å². The van der Waals surface area contributed by atoms with E-state index in [0.29, 0.717) is 28.4 Å². The van der Waals surface area contributed by atoms with Crippen LogP contribution in [0.25, 0.3) is 11.4 Å². The highest BCUT2D eigenvalue weighted by Crippen LogP contribution is 2.28. The van der Waals surface area contributed by atoms with Crippen molar-refractivity contribution in [1.29, 1.82) is 0 Å². The number of thioether (sulfide) groups is 1. The van der Waals surface area contributed by atoms with Gasteiger partial charge in [-0.15, -0.1) is 16.8 Å². The molecule has 3 rings (SSSR count). The van der Waals surface area contributed by atoms with E-state index in [-0.39, 0.29) is 5.91 Å². The molecule has 2 heterocycles. The SMILES string of the molecule is C=CCn1c(SC(C)C(=O)Nc2ccc(Cl)cn2)nnc1-c1ccc(OC)cc1. The number of rotatable bonds is 8. The minimum atomic E-state index is -0.413.